The number of benzene rings is 1. The van der Waals surface area contributed by atoms with Gasteiger partial charge in [-0.3, -0.25) is 9.20 Å². The van der Waals surface area contributed by atoms with Gasteiger partial charge in [-0.05, 0) is 19.1 Å². The van der Waals surface area contributed by atoms with Crippen molar-refractivity contribution in [2.45, 2.75) is 13.3 Å². The van der Waals surface area contributed by atoms with Crippen molar-refractivity contribution in [3.63, 3.8) is 0 Å². The average molecular weight is 331 g/mol. The topological polar surface area (TPSA) is 64.9 Å². The Labute approximate surface area is 137 Å². The highest BCUT2D eigenvalue weighted by Crippen LogP contribution is 2.29. The van der Waals surface area contributed by atoms with Crippen LogP contribution < -0.4 is 14.8 Å². The fraction of sp³-hybridized carbons (Fsp3) is 0.250. The first-order chi connectivity index (χ1) is 11.1. The van der Waals surface area contributed by atoms with Crippen molar-refractivity contribution < 1.29 is 14.3 Å². The summed E-state index contributed by atoms with van der Waals surface area (Å²) in [6.45, 7) is 1.94. The predicted molar refractivity (Wildman–Crippen MR) is 89.7 cm³/mol. The molecule has 1 N–H and O–H groups in total. The molecule has 0 spiro atoms. The van der Waals surface area contributed by atoms with E-state index in [0.29, 0.717) is 17.2 Å². The fourth-order valence-corrected chi connectivity index (χ4v) is 3.27. The minimum atomic E-state index is -0.0942. The van der Waals surface area contributed by atoms with Gasteiger partial charge < -0.3 is 14.8 Å². The van der Waals surface area contributed by atoms with Gasteiger partial charge in [0.2, 0.25) is 5.91 Å². The van der Waals surface area contributed by atoms with Crippen LogP contribution in [0.15, 0.2) is 29.8 Å². The lowest BCUT2D eigenvalue weighted by molar-refractivity contribution is -0.115. The van der Waals surface area contributed by atoms with Crippen molar-refractivity contribution in [1.29, 1.82) is 0 Å². The molecule has 0 atom stereocenters. The summed E-state index contributed by atoms with van der Waals surface area (Å²) in [6.07, 6.45) is 2.22. The Bertz CT molecular complexity index is 853. The second-order valence-electron chi connectivity index (χ2n) is 5.06. The van der Waals surface area contributed by atoms with E-state index in [0.717, 1.165) is 16.3 Å². The molecule has 0 fully saturated rings. The Morgan fingerprint density at radius 2 is 2.09 bits per heavy atom. The molecule has 0 unspecified atom stereocenters. The number of nitrogens with one attached hydrogen (secondary N) is 1. The van der Waals surface area contributed by atoms with Crippen LogP contribution in [0.4, 0.5) is 5.69 Å². The SMILES string of the molecule is COc1ccc(NC(=O)Cc2csc3nc(C)cn23)cc1OC. The van der Waals surface area contributed by atoms with E-state index in [9.17, 15) is 4.79 Å². The highest BCUT2D eigenvalue weighted by molar-refractivity contribution is 7.15. The third-order valence-corrected chi connectivity index (χ3v) is 4.30. The first-order valence-corrected chi connectivity index (χ1v) is 7.92. The highest BCUT2D eigenvalue weighted by atomic mass is 32.1. The number of thiazole rings is 1. The van der Waals surface area contributed by atoms with Crippen molar-refractivity contribution in [2.75, 3.05) is 19.5 Å². The van der Waals surface area contributed by atoms with E-state index in [2.05, 4.69) is 10.3 Å². The summed E-state index contributed by atoms with van der Waals surface area (Å²) in [5, 5.41) is 4.83. The summed E-state index contributed by atoms with van der Waals surface area (Å²) in [5.74, 6) is 1.11. The van der Waals surface area contributed by atoms with Gasteiger partial charge in [-0.2, -0.15) is 0 Å². The van der Waals surface area contributed by atoms with Crippen LogP contribution in [0.25, 0.3) is 4.96 Å². The molecular weight excluding hydrogens is 314 g/mol. The van der Waals surface area contributed by atoms with E-state index in [-0.39, 0.29) is 12.3 Å². The number of methoxy groups -OCH3 is 2. The number of rotatable bonds is 5. The predicted octanol–water partition coefficient (Wildman–Crippen LogP) is 2.90. The Balaban J connectivity index is 1.74. The summed E-state index contributed by atoms with van der Waals surface area (Å²) in [5.41, 5.74) is 2.53. The van der Waals surface area contributed by atoms with Crippen LogP contribution in [0.2, 0.25) is 0 Å². The number of nitrogens with zero attached hydrogens (tertiary/aromatic N) is 2. The van der Waals surface area contributed by atoms with Crippen molar-refractivity contribution >= 4 is 27.9 Å². The lowest BCUT2D eigenvalue weighted by atomic mass is 10.2. The fourth-order valence-electron chi connectivity index (χ4n) is 2.35. The number of aryl methyl sites for hydroxylation is 1. The zero-order chi connectivity index (χ0) is 16.4. The number of fused-ring (bicyclic) bond motifs is 1. The third-order valence-electron chi connectivity index (χ3n) is 3.41. The third kappa shape index (κ3) is 3.14. The van der Waals surface area contributed by atoms with E-state index in [1.807, 2.05) is 22.9 Å². The normalized spacial score (nSPS) is 10.7. The largest absolute Gasteiger partial charge is 0.493 e. The van der Waals surface area contributed by atoms with E-state index in [1.165, 1.54) is 11.3 Å². The Kier molecular flexibility index (Phi) is 4.20. The molecule has 0 saturated carbocycles. The summed E-state index contributed by atoms with van der Waals surface area (Å²) in [7, 11) is 3.14. The maximum atomic E-state index is 12.3. The molecule has 0 saturated heterocycles. The van der Waals surface area contributed by atoms with Crippen LogP contribution >= 0.6 is 11.3 Å². The standard InChI is InChI=1S/C16H17N3O3S/c1-10-8-19-12(9-23-16(19)17-10)7-15(20)18-11-4-5-13(21-2)14(6-11)22-3/h4-6,8-9H,7H2,1-3H3,(H,18,20). The molecular formula is C16H17N3O3S. The number of amides is 1. The quantitative estimate of drug-likeness (QED) is 0.781. The molecule has 2 aromatic heterocycles. The van der Waals surface area contributed by atoms with E-state index in [4.69, 9.17) is 9.47 Å². The zero-order valence-electron chi connectivity index (χ0n) is 13.1. The minimum absolute atomic E-state index is 0.0942. The second kappa shape index (κ2) is 6.29. The molecule has 0 bridgehead atoms. The molecule has 2 heterocycles. The first kappa shape index (κ1) is 15.4. The molecule has 0 aliphatic heterocycles. The van der Waals surface area contributed by atoms with Gasteiger partial charge in [0.1, 0.15) is 0 Å². The van der Waals surface area contributed by atoms with Gasteiger partial charge in [0, 0.05) is 29.0 Å². The number of ether oxygens (including phenoxy) is 2. The van der Waals surface area contributed by atoms with Crippen molar-refractivity contribution in [1.82, 2.24) is 9.38 Å². The molecule has 0 aliphatic carbocycles. The van der Waals surface area contributed by atoms with Crippen LogP contribution in [0.5, 0.6) is 11.5 Å². The van der Waals surface area contributed by atoms with Crippen molar-refractivity contribution in [3.05, 3.63) is 41.2 Å². The van der Waals surface area contributed by atoms with Gasteiger partial charge in [-0.1, -0.05) is 0 Å². The number of anilines is 1. The Hall–Kier alpha value is -2.54. The van der Waals surface area contributed by atoms with Gasteiger partial charge in [-0.25, -0.2) is 4.98 Å². The molecule has 1 aromatic carbocycles. The van der Waals surface area contributed by atoms with Crippen LogP contribution in [0.1, 0.15) is 11.4 Å². The number of imidazole rings is 1. The van der Waals surface area contributed by atoms with Gasteiger partial charge in [0.25, 0.3) is 0 Å². The lowest BCUT2D eigenvalue weighted by Crippen LogP contribution is -2.15. The van der Waals surface area contributed by atoms with Gasteiger partial charge in [0.05, 0.1) is 26.3 Å². The highest BCUT2D eigenvalue weighted by Gasteiger charge is 2.12. The monoisotopic (exact) mass is 331 g/mol. The number of carbonyl (C=O) groups excluding carboxylic acids is 1. The van der Waals surface area contributed by atoms with Crippen molar-refractivity contribution in [3.8, 4) is 11.5 Å². The molecule has 1 amide bonds. The second-order valence-corrected chi connectivity index (χ2v) is 5.89. The Morgan fingerprint density at radius 3 is 2.83 bits per heavy atom. The molecule has 3 rings (SSSR count). The maximum absolute atomic E-state index is 12.3. The molecule has 6 nitrogen and oxygen atoms in total. The van der Waals surface area contributed by atoms with Crippen LogP contribution in [-0.4, -0.2) is 29.5 Å². The first-order valence-electron chi connectivity index (χ1n) is 7.04. The van der Waals surface area contributed by atoms with Gasteiger partial charge in [0.15, 0.2) is 16.5 Å². The lowest BCUT2D eigenvalue weighted by Gasteiger charge is -2.10. The summed E-state index contributed by atoms with van der Waals surface area (Å²) in [6, 6.07) is 5.28. The molecule has 23 heavy (non-hydrogen) atoms. The molecule has 0 aliphatic rings. The molecule has 120 valence electrons. The Morgan fingerprint density at radius 1 is 1.30 bits per heavy atom. The van der Waals surface area contributed by atoms with Crippen LogP contribution in [0.3, 0.4) is 0 Å². The minimum Gasteiger partial charge on any atom is -0.493 e. The van der Waals surface area contributed by atoms with Gasteiger partial charge in [-0.15, -0.1) is 11.3 Å². The van der Waals surface area contributed by atoms with Crippen molar-refractivity contribution in [2.24, 2.45) is 0 Å². The molecule has 3 aromatic rings. The molecule has 7 heteroatoms. The van der Waals surface area contributed by atoms with E-state index in [1.54, 1.807) is 32.4 Å². The smallest absolute Gasteiger partial charge is 0.230 e. The number of hydrogen-bond donors (Lipinski definition) is 1. The summed E-state index contributed by atoms with van der Waals surface area (Å²) in [4.78, 5) is 17.6. The average Bonchev–Trinajstić information content (AvgIpc) is 3.07. The number of aromatic nitrogens is 2. The zero-order valence-corrected chi connectivity index (χ0v) is 13.9. The van der Waals surface area contributed by atoms with Crippen LogP contribution in [0, 0.1) is 6.92 Å². The van der Waals surface area contributed by atoms with E-state index >= 15 is 0 Å². The summed E-state index contributed by atoms with van der Waals surface area (Å²) >= 11 is 1.53. The van der Waals surface area contributed by atoms with Gasteiger partial charge >= 0.3 is 0 Å². The van der Waals surface area contributed by atoms with E-state index < -0.39 is 0 Å². The summed E-state index contributed by atoms with van der Waals surface area (Å²) < 4.78 is 12.4. The van der Waals surface area contributed by atoms with Crippen LogP contribution in [-0.2, 0) is 11.2 Å². The number of carbonyl (C=O) groups is 1. The maximum Gasteiger partial charge on any atom is 0.230 e. The molecule has 0 radical (unpaired) electrons. The number of hydrogen-bond acceptors (Lipinski definition) is 5.